The number of aromatic nitrogens is 2. The van der Waals surface area contributed by atoms with E-state index in [1.807, 2.05) is 27.7 Å². The van der Waals surface area contributed by atoms with Crippen LogP contribution in [0.5, 0.6) is 0 Å². The molecule has 0 spiro atoms. The van der Waals surface area contributed by atoms with E-state index in [9.17, 15) is 4.79 Å². The van der Waals surface area contributed by atoms with Crippen LogP contribution in [0.2, 0.25) is 0 Å². The summed E-state index contributed by atoms with van der Waals surface area (Å²) in [5.74, 6) is 0.0184. The van der Waals surface area contributed by atoms with Gasteiger partial charge < -0.3 is 10.6 Å². The van der Waals surface area contributed by atoms with Crippen molar-refractivity contribution in [2.45, 2.75) is 49.2 Å². The smallest absolute Gasteiger partial charge is 0.233 e. The van der Waals surface area contributed by atoms with Gasteiger partial charge in [-0.1, -0.05) is 29.2 Å². The lowest BCUT2D eigenvalue weighted by Crippen LogP contribution is -2.44. The maximum absolute atomic E-state index is 12.1. The Bertz CT molecular complexity index is 619. The number of amides is 1. The van der Waals surface area contributed by atoms with Crippen LogP contribution in [0.1, 0.15) is 32.6 Å². The molecule has 2 aromatic heterocycles. The van der Waals surface area contributed by atoms with Crippen LogP contribution in [0.25, 0.3) is 0 Å². The van der Waals surface area contributed by atoms with E-state index in [2.05, 4.69) is 38.3 Å². The number of rotatable bonds is 7. The summed E-state index contributed by atoms with van der Waals surface area (Å²) in [4.78, 5) is 13.4. The third kappa shape index (κ3) is 6.48. The Hall–Kier alpha value is -1.12. The Balaban J connectivity index is 1.78. The fourth-order valence-corrected chi connectivity index (χ4v) is 4.38. The molecule has 1 atom stereocenters. The van der Waals surface area contributed by atoms with Gasteiger partial charge in [-0.15, -0.1) is 21.5 Å². The zero-order chi connectivity index (χ0) is 16.9. The molecule has 0 aliphatic heterocycles. The Morgan fingerprint density at radius 1 is 1.39 bits per heavy atom. The molecule has 0 radical (unpaired) electrons. The molecule has 0 aliphatic carbocycles. The maximum atomic E-state index is 12.1. The van der Waals surface area contributed by atoms with E-state index in [1.165, 1.54) is 28.0 Å². The lowest BCUT2D eigenvalue weighted by atomic mass is 10.1. The molecule has 0 saturated heterocycles. The second kappa shape index (κ2) is 8.12. The lowest BCUT2D eigenvalue weighted by Gasteiger charge is -2.22. The summed E-state index contributed by atoms with van der Waals surface area (Å²) in [5, 5.41) is 17.2. The first-order valence-corrected chi connectivity index (χ1v) is 9.99. The number of carbonyl (C=O) groups is 1. The first-order valence-electron chi connectivity index (χ1n) is 7.42. The number of thioether (sulfide) groups is 1. The van der Waals surface area contributed by atoms with Crippen molar-refractivity contribution in [2.75, 3.05) is 11.9 Å². The summed E-state index contributed by atoms with van der Waals surface area (Å²) in [6.07, 6.45) is 0.976. The third-order valence-electron chi connectivity index (χ3n) is 2.78. The zero-order valence-corrected chi connectivity index (χ0v) is 16.2. The summed E-state index contributed by atoms with van der Waals surface area (Å²) in [5.41, 5.74) is -0.221. The van der Waals surface area contributed by atoms with E-state index in [1.54, 1.807) is 11.3 Å². The maximum Gasteiger partial charge on any atom is 0.233 e. The van der Waals surface area contributed by atoms with Crippen LogP contribution in [0.4, 0.5) is 5.13 Å². The number of nitrogens with zero attached hydrogens (tertiary/aromatic N) is 2. The summed E-state index contributed by atoms with van der Waals surface area (Å²) >= 11 is 4.68. The van der Waals surface area contributed by atoms with Crippen LogP contribution in [0, 0.1) is 0 Å². The molecule has 23 heavy (non-hydrogen) atoms. The van der Waals surface area contributed by atoms with Crippen LogP contribution in [-0.4, -0.2) is 33.4 Å². The minimum Gasteiger partial charge on any atom is -0.360 e. The SMILES string of the molecule is C[C@@H](Sc1nnc(NCCc2cccs2)s1)C(=O)NC(C)(C)C. The van der Waals surface area contributed by atoms with Gasteiger partial charge in [-0.3, -0.25) is 4.79 Å². The van der Waals surface area contributed by atoms with E-state index in [-0.39, 0.29) is 16.7 Å². The first kappa shape index (κ1) is 18.2. The average Bonchev–Trinajstić information content (AvgIpc) is 3.09. The summed E-state index contributed by atoms with van der Waals surface area (Å²) < 4.78 is 0.806. The molecule has 5 nitrogen and oxygen atoms in total. The van der Waals surface area contributed by atoms with Gasteiger partial charge in [0.15, 0.2) is 4.34 Å². The van der Waals surface area contributed by atoms with Crippen molar-refractivity contribution in [3.8, 4) is 0 Å². The molecule has 1 amide bonds. The predicted molar refractivity (Wildman–Crippen MR) is 99.6 cm³/mol. The van der Waals surface area contributed by atoms with Gasteiger partial charge in [0.1, 0.15) is 0 Å². The molecule has 2 N–H and O–H groups in total. The van der Waals surface area contributed by atoms with Gasteiger partial charge in [0, 0.05) is 17.0 Å². The molecule has 0 saturated carbocycles. The summed E-state index contributed by atoms with van der Waals surface area (Å²) in [7, 11) is 0. The van der Waals surface area contributed by atoms with Crippen molar-refractivity contribution in [1.82, 2.24) is 15.5 Å². The molecule has 8 heteroatoms. The van der Waals surface area contributed by atoms with Crippen molar-refractivity contribution in [2.24, 2.45) is 0 Å². The minimum absolute atomic E-state index is 0.0184. The van der Waals surface area contributed by atoms with Gasteiger partial charge in [-0.05, 0) is 45.6 Å². The van der Waals surface area contributed by atoms with Gasteiger partial charge in [-0.25, -0.2) is 0 Å². The van der Waals surface area contributed by atoms with Crippen LogP contribution >= 0.6 is 34.4 Å². The van der Waals surface area contributed by atoms with Crippen LogP contribution in [0.15, 0.2) is 21.9 Å². The van der Waals surface area contributed by atoms with Crippen molar-refractivity contribution < 1.29 is 4.79 Å². The topological polar surface area (TPSA) is 66.9 Å². The molecule has 0 aliphatic rings. The first-order chi connectivity index (χ1) is 10.8. The standard InChI is InChI=1S/C15H22N4OS3/c1-10(12(20)17-15(2,3)4)22-14-19-18-13(23-14)16-8-7-11-6-5-9-21-11/h5-6,9-10H,7-8H2,1-4H3,(H,16,18)(H,17,20)/t10-/m1/s1. The molecule has 2 aromatic rings. The van der Waals surface area contributed by atoms with E-state index in [0.717, 1.165) is 22.4 Å². The molecule has 0 fully saturated rings. The molecule has 126 valence electrons. The fraction of sp³-hybridized carbons (Fsp3) is 0.533. The lowest BCUT2D eigenvalue weighted by molar-refractivity contribution is -0.121. The van der Waals surface area contributed by atoms with E-state index in [0.29, 0.717) is 0 Å². The monoisotopic (exact) mass is 370 g/mol. The van der Waals surface area contributed by atoms with Crippen molar-refractivity contribution >= 4 is 45.5 Å². The number of nitrogens with one attached hydrogen (secondary N) is 2. The predicted octanol–water partition coefficient (Wildman–Crippen LogP) is 3.65. The fourth-order valence-electron chi connectivity index (χ4n) is 1.75. The van der Waals surface area contributed by atoms with Crippen molar-refractivity contribution in [3.05, 3.63) is 22.4 Å². The number of hydrogen-bond donors (Lipinski definition) is 2. The molecule has 0 unspecified atom stereocenters. The van der Waals surface area contributed by atoms with Gasteiger partial charge in [0.25, 0.3) is 0 Å². The average molecular weight is 371 g/mol. The van der Waals surface area contributed by atoms with Gasteiger partial charge in [0.05, 0.1) is 5.25 Å². The van der Waals surface area contributed by atoms with E-state index < -0.39 is 0 Å². The summed E-state index contributed by atoms with van der Waals surface area (Å²) in [6.45, 7) is 8.64. The summed E-state index contributed by atoms with van der Waals surface area (Å²) in [6, 6.07) is 4.19. The van der Waals surface area contributed by atoms with Gasteiger partial charge >= 0.3 is 0 Å². The van der Waals surface area contributed by atoms with E-state index >= 15 is 0 Å². The molecule has 2 heterocycles. The second-order valence-electron chi connectivity index (χ2n) is 6.13. The Morgan fingerprint density at radius 2 is 2.17 bits per heavy atom. The minimum atomic E-state index is -0.221. The van der Waals surface area contributed by atoms with Crippen LogP contribution in [-0.2, 0) is 11.2 Å². The van der Waals surface area contributed by atoms with Gasteiger partial charge in [0.2, 0.25) is 11.0 Å². The number of hydrogen-bond acceptors (Lipinski definition) is 7. The normalized spacial score (nSPS) is 12.9. The molecule has 2 rings (SSSR count). The van der Waals surface area contributed by atoms with Gasteiger partial charge in [-0.2, -0.15) is 0 Å². The van der Waals surface area contributed by atoms with Crippen LogP contribution < -0.4 is 10.6 Å². The molecule has 0 aromatic carbocycles. The highest BCUT2D eigenvalue weighted by molar-refractivity contribution is 8.02. The highest BCUT2D eigenvalue weighted by Gasteiger charge is 2.21. The Kier molecular flexibility index (Phi) is 6.43. The zero-order valence-electron chi connectivity index (χ0n) is 13.8. The third-order valence-corrected chi connectivity index (χ3v) is 5.78. The highest BCUT2D eigenvalue weighted by atomic mass is 32.2. The number of carbonyl (C=O) groups excluding carboxylic acids is 1. The largest absolute Gasteiger partial charge is 0.360 e. The molecular weight excluding hydrogens is 348 g/mol. The Labute approximate surface area is 149 Å². The molecule has 0 bridgehead atoms. The van der Waals surface area contributed by atoms with Crippen LogP contribution in [0.3, 0.4) is 0 Å². The Morgan fingerprint density at radius 3 is 2.83 bits per heavy atom. The second-order valence-corrected chi connectivity index (χ2v) is 9.73. The number of thiophene rings is 1. The van der Waals surface area contributed by atoms with Crippen molar-refractivity contribution in [3.63, 3.8) is 0 Å². The highest BCUT2D eigenvalue weighted by Crippen LogP contribution is 2.29. The number of anilines is 1. The van der Waals surface area contributed by atoms with Crippen molar-refractivity contribution in [1.29, 1.82) is 0 Å². The van der Waals surface area contributed by atoms with E-state index in [4.69, 9.17) is 0 Å². The quantitative estimate of drug-likeness (QED) is 0.728. The molecular formula is C15H22N4OS3.